The fourth-order valence-electron chi connectivity index (χ4n) is 1.63. The number of carboxylic acids is 1. The first kappa shape index (κ1) is 10.2. The molecule has 0 spiro atoms. The molecule has 1 aromatic heterocycles. The molecule has 0 saturated heterocycles. The number of aromatic nitrogens is 1. The maximum Gasteiger partial charge on any atom is 0.377 e. The Morgan fingerprint density at radius 3 is 2.62 bits per heavy atom. The summed E-state index contributed by atoms with van der Waals surface area (Å²) in [6.07, 6.45) is 0. The maximum absolute atomic E-state index is 11.2. The number of carboxylic acid groups (broad SMARTS) is 1. The van der Waals surface area contributed by atoms with Crippen molar-refractivity contribution in [2.24, 2.45) is 0 Å². The van der Waals surface area contributed by atoms with E-state index in [1.54, 1.807) is 19.1 Å². The number of aryl methyl sites for hydroxylation is 1. The predicted molar refractivity (Wildman–Crippen MR) is 56.7 cm³/mol. The van der Waals surface area contributed by atoms with Crippen LogP contribution < -0.4 is 0 Å². The highest BCUT2D eigenvalue weighted by molar-refractivity contribution is 6.41. The Bertz CT molecular complexity index is 597. The molecule has 2 aromatic rings. The Balaban J connectivity index is 2.69. The van der Waals surface area contributed by atoms with Gasteiger partial charge in [-0.1, -0.05) is 0 Å². The molecule has 0 radical (unpaired) electrons. The Kier molecular flexibility index (Phi) is 2.16. The first-order valence-corrected chi connectivity index (χ1v) is 4.59. The summed E-state index contributed by atoms with van der Waals surface area (Å²) in [5.74, 6) is -2.99. The number of fused-ring (bicyclic) bond motifs is 1. The van der Waals surface area contributed by atoms with E-state index in [4.69, 9.17) is 5.11 Å². The van der Waals surface area contributed by atoms with Crippen molar-refractivity contribution in [3.63, 3.8) is 0 Å². The maximum atomic E-state index is 11.2. The van der Waals surface area contributed by atoms with Gasteiger partial charge in [-0.25, -0.2) is 4.79 Å². The summed E-state index contributed by atoms with van der Waals surface area (Å²) in [5.41, 5.74) is 1.29. The van der Waals surface area contributed by atoms with E-state index in [-0.39, 0.29) is 11.3 Å². The lowest BCUT2D eigenvalue weighted by molar-refractivity contribution is -0.131. The van der Waals surface area contributed by atoms with Crippen LogP contribution >= 0.6 is 0 Å². The number of carbonyl (C=O) groups excluding carboxylic acids is 1. The number of phenols is 1. The average Bonchev–Trinajstić information content (AvgIpc) is 2.59. The molecule has 0 aliphatic rings. The minimum Gasteiger partial charge on any atom is -0.506 e. The molecule has 1 heterocycles. The van der Waals surface area contributed by atoms with Crippen LogP contribution in [0.1, 0.15) is 16.1 Å². The molecule has 1 aromatic carbocycles. The zero-order chi connectivity index (χ0) is 11.9. The monoisotopic (exact) mass is 219 g/mol. The molecule has 3 N–H and O–H groups in total. The van der Waals surface area contributed by atoms with E-state index in [9.17, 15) is 14.7 Å². The van der Waals surface area contributed by atoms with Crippen molar-refractivity contribution in [1.82, 2.24) is 4.98 Å². The third-order valence-corrected chi connectivity index (χ3v) is 2.35. The number of aliphatic carboxylic acids is 1. The van der Waals surface area contributed by atoms with Crippen LogP contribution in [0, 0.1) is 6.92 Å². The highest BCUT2D eigenvalue weighted by Crippen LogP contribution is 2.29. The van der Waals surface area contributed by atoms with Crippen molar-refractivity contribution in [1.29, 1.82) is 0 Å². The van der Waals surface area contributed by atoms with Crippen molar-refractivity contribution in [2.45, 2.75) is 6.92 Å². The number of hydrogen-bond acceptors (Lipinski definition) is 3. The Labute approximate surface area is 90.3 Å². The van der Waals surface area contributed by atoms with Gasteiger partial charge in [0.2, 0.25) is 0 Å². The van der Waals surface area contributed by atoms with Crippen molar-refractivity contribution in [2.75, 3.05) is 0 Å². The van der Waals surface area contributed by atoms with Gasteiger partial charge in [-0.3, -0.25) is 4.79 Å². The zero-order valence-electron chi connectivity index (χ0n) is 8.44. The van der Waals surface area contributed by atoms with E-state index in [1.165, 1.54) is 6.07 Å². The van der Waals surface area contributed by atoms with Gasteiger partial charge in [0, 0.05) is 16.6 Å². The van der Waals surface area contributed by atoms with Crippen LogP contribution in [-0.2, 0) is 4.79 Å². The normalized spacial score (nSPS) is 10.6. The van der Waals surface area contributed by atoms with E-state index in [0.717, 1.165) is 5.69 Å². The number of aromatic hydroxyl groups is 1. The topological polar surface area (TPSA) is 90.4 Å². The van der Waals surface area contributed by atoms with Gasteiger partial charge in [-0.2, -0.15) is 0 Å². The molecule has 16 heavy (non-hydrogen) atoms. The minimum atomic E-state index is -1.58. The highest BCUT2D eigenvalue weighted by Gasteiger charge is 2.20. The number of H-pyrrole nitrogens is 1. The van der Waals surface area contributed by atoms with Crippen LogP contribution in [0.5, 0.6) is 5.75 Å². The van der Waals surface area contributed by atoms with E-state index >= 15 is 0 Å². The number of carbonyl (C=O) groups is 2. The molecule has 0 unspecified atom stereocenters. The third-order valence-electron chi connectivity index (χ3n) is 2.35. The highest BCUT2D eigenvalue weighted by atomic mass is 16.4. The van der Waals surface area contributed by atoms with Crippen LogP contribution in [0.15, 0.2) is 18.2 Å². The van der Waals surface area contributed by atoms with E-state index in [0.29, 0.717) is 10.9 Å². The summed E-state index contributed by atoms with van der Waals surface area (Å²) < 4.78 is 0. The van der Waals surface area contributed by atoms with Gasteiger partial charge in [0.05, 0.1) is 5.56 Å². The van der Waals surface area contributed by atoms with Gasteiger partial charge in [-0.05, 0) is 25.1 Å². The number of hydrogen-bond donors (Lipinski definition) is 3. The van der Waals surface area contributed by atoms with Gasteiger partial charge < -0.3 is 15.2 Å². The molecule has 0 fully saturated rings. The van der Waals surface area contributed by atoms with Crippen molar-refractivity contribution < 1.29 is 19.8 Å². The van der Waals surface area contributed by atoms with Crippen LogP contribution in [0.2, 0.25) is 0 Å². The molecule has 0 bridgehead atoms. The van der Waals surface area contributed by atoms with Gasteiger partial charge in [-0.15, -0.1) is 0 Å². The second-order valence-corrected chi connectivity index (χ2v) is 3.51. The van der Waals surface area contributed by atoms with E-state index in [1.807, 2.05) is 0 Å². The zero-order valence-corrected chi connectivity index (χ0v) is 8.44. The largest absolute Gasteiger partial charge is 0.506 e. The van der Waals surface area contributed by atoms with Gasteiger partial charge in [0.15, 0.2) is 0 Å². The molecule has 0 aliphatic heterocycles. The van der Waals surface area contributed by atoms with Gasteiger partial charge in [0.1, 0.15) is 5.75 Å². The smallest absolute Gasteiger partial charge is 0.377 e. The number of nitrogens with one attached hydrogen (secondary N) is 1. The second-order valence-electron chi connectivity index (χ2n) is 3.51. The van der Waals surface area contributed by atoms with Gasteiger partial charge in [0.25, 0.3) is 5.78 Å². The van der Waals surface area contributed by atoms with E-state index < -0.39 is 11.8 Å². The number of aromatic amines is 1. The molecule has 82 valence electrons. The molecule has 0 saturated carbocycles. The van der Waals surface area contributed by atoms with Gasteiger partial charge >= 0.3 is 5.97 Å². The van der Waals surface area contributed by atoms with Crippen molar-refractivity contribution >= 4 is 22.7 Å². The number of rotatable bonds is 2. The van der Waals surface area contributed by atoms with E-state index in [2.05, 4.69) is 4.98 Å². The lowest BCUT2D eigenvalue weighted by Gasteiger charge is -2.01. The number of ketones is 1. The molecular formula is C11H9NO4. The first-order chi connectivity index (χ1) is 7.50. The second kappa shape index (κ2) is 3.37. The van der Waals surface area contributed by atoms with Crippen LogP contribution in [-0.4, -0.2) is 26.9 Å². The summed E-state index contributed by atoms with van der Waals surface area (Å²) in [6, 6.07) is 4.52. The molecule has 5 heteroatoms. The Morgan fingerprint density at radius 2 is 2.00 bits per heavy atom. The quantitative estimate of drug-likeness (QED) is 0.526. The minimum absolute atomic E-state index is 0.195. The fraction of sp³-hybridized carbons (Fsp3) is 0.0909. The lowest BCUT2D eigenvalue weighted by Crippen LogP contribution is -2.12. The molecule has 0 atom stereocenters. The molecule has 5 nitrogen and oxygen atoms in total. The predicted octanol–water partition coefficient (Wildman–Crippen LogP) is 1.45. The molecule has 2 rings (SSSR count). The third kappa shape index (κ3) is 1.42. The van der Waals surface area contributed by atoms with Crippen molar-refractivity contribution in [3.8, 4) is 5.75 Å². The summed E-state index contributed by atoms with van der Waals surface area (Å²) in [7, 11) is 0. The van der Waals surface area contributed by atoms with Crippen LogP contribution in [0.3, 0.4) is 0 Å². The average molecular weight is 219 g/mol. The van der Waals surface area contributed by atoms with Crippen molar-refractivity contribution in [3.05, 3.63) is 29.5 Å². The standard InChI is InChI=1S/C11H9NO4/c1-5-4-7-8(12-5)3-2-6(9(7)13)10(14)11(15)16/h2-4,12-13H,1H3,(H,15,16). The summed E-state index contributed by atoms with van der Waals surface area (Å²) in [4.78, 5) is 24.7. The van der Waals surface area contributed by atoms with Crippen LogP contribution in [0.4, 0.5) is 0 Å². The van der Waals surface area contributed by atoms with Crippen LogP contribution in [0.25, 0.3) is 10.9 Å². The fourth-order valence-corrected chi connectivity index (χ4v) is 1.63. The molecular weight excluding hydrogens is 210 g/mol. The lowest BCUT2D eigenvalue weighted by atomic mass is 10.1. The molecule has 0 aliphatic carbocycles. The summed E-state index contributed by atoms with van der Waals surface area (Å²) >= 11 is 0. The number of phenolic OH excluding ortho intramolecular Hbond substituents is 1. The molecule has 0 amide bonds. The number of benzene rings is 1. The first-order valence-electron chi connectivity index (χ1n) is 4.59. The SMILES string of the molecule is Cc1cc2c(O)c(C(=O)C(=O)O)ccc2[nH]1. The Hall–Kier alpha value is -2.30. The Morgan fingerprint density at radius 1 is 1.31 bits per heavy atom. The summed E-state index contributed by atoms with van der Waals surface area (Å²) in [5, 5.41) is 18.8. The number of Topliss-reactive ketones (excluding diaryl/α,β-unsaturated/α-hetero) is 1. The summed E-state index contributed by atoms with van der Waals surface area (Å²) in [6.45, 7) is 1.80.